The Kier molecular flexibility index (Phi) is 2.53. The number of nitrogens with zero attached hydrogens (tertiary/aromatic N) is 5. The molecule has 0 fully saturated rings. The van der Waals surface area contributed by atoms with Crippen molar-refractivity contribution in [3.63, 3.8) is 0 Å². The lowest BCUT2D eigenvalue weighted by molar-refractivity contribution is 0.935. The van der Waals surface area contributed by atoms with Crippen molar-refractivity contribution in [3.05, 3.63) is 40.2 Å². The summed E-state index contributed by atoms with van der Waals surface area (Å²) in [5.41, 5.74) is 1.52. The Hall–Kier alpha value is -1.53. The van der Waals surface area contributed by atoms with E-state index in [1.54, 1.807) is 22.8 Å². The molecule has 0 atom stereocenters. The summed E-state index contributed by atoms with van der Waals surface area (Å²) < 4.78 is 2.33. The van der Waals surface area contributed by atoms with Crippen LogP contribution in [0.1, 0.15) is 0 Å². The van der Waals surface area contributed by atoms with E-state index in [2.05, 4.69) is 36.2 Å². The fourth-order valence-electron chi connectivity index (χ4n) is 1.49. The molecule has 0 radical (unpaired) electrons. The van der Waals surface area contributed by atoms with Crippen LogP contribution in [0.25, 0.3) is 17.0 Å². The van der Waals surface area contributed by atoms with Gasteiger partial charge in [0.25, 0.3) is 0 Å². The van der Waals surface area contributed by atoms with Gasteiger partial charge in [-0.2, -0.15) is 9.61 Å². The summed E-state index contributed by atoms with van der Waals surface area (Å²) in [6.07, 6.45) is 1.69. The van der Waals surface area contributed by atoms with Crippen LogP contribution in [-0.2, 0) is 0 Å². The molecule has 0 spiro atoms. The molecule has 0 bridgehead atoms. The largest absolute Gasteiger partial charge is 0.249 e. The van der Waals surface area contributed by atoms with Gasteiger partial charge in [-0.25, -0.2) is 4.98 Å². The maximum atomic E-state index is 5.86. The van der Waals surface area contributed by atoms with Crippen molar-refractivity contribution >= 4 is 33.2 Å². The van der Waals surface area contributed by atoms with Crippen LogP contribution in [0.4, 0.5) is 0 Å². The molecule has 0 saturated heterocycles. The molecule has 0 unspecified atom stereocenters. The molecule has 0 saturated carbocycles. The van der Waals surface area contributed by atoms with E-state index in [4.69, 9.17) is 11.6 Å². The molecule has 7 heteroatoms. The SMILES string of the molecule is Clc1ccc2nnc(-c3ccnc(Br)c3)n2n1. The molecule has 3 aromatic rings. The highest BCUT2D eigenvalue weighted by Gasteiger charge is 2.09. The molecular weight excluding hydrogens is 306 g/mol. The van der Waals surface area contributed by atoms with Gasteiger partial charge in [-0.1, -0.05) is 11.6 Å². The number of aromatic nitrogens is 5. The third-order valence-electron chi connectivity index (χ3n) is 2.22. The molecule has 3 aromatic heterocycles. The first-order valence-corrected chi connectivity index (χ1v) is 5.91. The van der Waals surface area contributed by atoms with E-state index in [0.717, 1.165) is 10.2 Å². The zero-order valence-electron chi connectivity index (χ0n) is 8.38. The average molecular weight is 311 g/mol. The van der Waals surface area contributed by atoms with Crippen molar-refractivity contribution in [2.45, 2.75) is 0 Å². The van der Waals surface area contributed by atoms with Crippen molar-refractivity contribution < 1.29 is 0 Å². The monoisotopic (exact) mass is 309 g/mol. The van der Waals surface area contributed by atoms with Gasteiger partial charge < -0.3 is 0 Å². The predicted molar refractivity (Wildman–Crippen MR) is 66.7 cm³/mol. The van der Waals surface area contributed by atoms with Gasteiger partial charge in [0.1, 0.15) is 9.76 Å². The summed E-state index contributed by atoms with van der Waals surface area (Å²) in [4.78, 5) is 4.06. The van der Waals surface area contributed by atoms with Gasteiger partial charge in [-0.3, -0.25) is 0 Å². The molecule has 0 aromatic carbocycles. The van der Waals surface area contributed by atoms with Gasteiger partial charge >= 0.3 is 0 Å². The molecule has 3 rings (SSSR count). The molecule has 0 aliphatic heterocycles. The van der Waals surface area contributed by atoms with Gasteiger partial charge in [-0.05, 0) is 40.2 Å². The fraction of sp³-hybridized carbons (Fsp3) is 0. The summed E-state index contributed by atoms with van der Waals surface area (Å²) >= 11 is 9.17. The Balaban J connectivity index is 2.27. The topological polar surface area (TPSA) is 56.0 Å². The molecule has 0 aliphatic carbocycles. The fourth-order valence-corrected chi connectivity index (χ4v) is 1.99. The van der Waals surface area contributed by atoms with Gasteiger partial charge in [-0.15, -0.1) is 10.2 Å². The minimum Gasteiger partial charge on any atom is -0.249 e. The minimum absolute atomic E-state index is 0.395. The van der Waals surface area contributed by atoms with Crippen LogP contribution in [0, 0.1) is 0 Å². The molecular formula is C10H5BrClN5. The Morgan fingerprint density at radius 3 is 2.88 bits per heavy atom. The highest BCUT2D eigenvalue weighted by Crippen LogP contribution is 2.20. The maximum Gasteiger partial charge on any atom is 0.185 e. The van der Waals surface area contributed by atoms with Crippen molar-refractivity contribution in [1.29, 1.82) is 0 Å². The second kappa shape index (κ2) is 4.05. The molecule has 5 nitrogen and oxygen atoms in total. The average Bonchev–Trinajstić information content (AvgIpc) is 2.71. The van der Waals surface area contributed by atoms with Gasteiger partial charge in [0.2, 0.25) is 0 Å². The molecule has 17 heavy (non-hydrogen) atoms. The highest BCUT2D eigenvalue weighted by molar-refractivity contribution is 9.10. The third kappa shape index (κ3) is 1.89. The van der Waals surface area contributed by atoms with E-state index in [9.17, 15) is 0 Å². The van der Waals surface area contributed by atoms with Crippen LogP contribution in [0.15, 0.2) is 35.1 Å². The van der Waals surface area contributed by atoms with Crippen molar-refractivity contribution in [1.82, 2.24) is 24.8 Å². The Morgan fingerprint density at radius 2 is 2.06 bits per heavy atom. The lowest BCUT2D eigenvalue weighted by Gasteiger charge is -1.99. The van der Waals surface area contributed by atoms with E-state index in [-0.39, 0.29) is 0 Å². The van der Waals surface area contributed by atoms with Crippen LogP contribution < -0.4 is 0 Å². The molecule has 0 aliphatic rings. The van der Waals surface area contributed by atoms with E-state index in [1.165, 1.54) is 0 Å². The number of rotatable bonds is 1. The van der Waals surface area contributed by atoms with E-state index in [1.807, 2.05) is 12.1 Å². The number of hydrogen-bond donors (Lipinski definition) is 0. The second-order valence-corrected chi connectivity index (χ2v) is 4.52. The third-order valence-corrected chi connectivity index (χ3v) is 2.85. The zero-order chi connectivity index (χ0) is 11.8. The zero-order valence-corrected chi connectivity index (χ0v) is 10.7. The van der Waals surface area contributed by atoms with Crippen LogP contribution >= 0.6 is 27.5 Å². The van der Waals surface area contributed by atoms with Crippen molar-refractivity contribution in [2.75, 3.05) is 0 Å². The minimum atomic E-state index is 0.395. The number of fused-ring (bicyclic) bond motifs is 1. The van der Waals surface area contributed by atoms with Crippen LogP contribution in [0.5, 0.6) is 0 Å². The van der Waals surface area contributed by atoms with Crippen molar-refractivity contribution in [2.24, 2.45) is 0 Å². The van der Waals surface area contributed by atoms with E-state index in [0.29, 0.717) is 16.6 Å². The highest BCUT2D eigenvalue weighted by atomic mass is 79.9. The normalized spacial score (nSPS) is 10.9. The Labute approximate surface area is 110 Å². The quantitative estimate of drug-likeness (QED) is 0.648. The summed E-state index contributed by atoms with van der Waals surface area (Å²) in [7, 11) is 0. The van der Waals surface area contributed by atoms with Crippen molar-refractivity contribution in [3.8, 4) is 11.4 Å². The van der Waals surface area contributed by atoms with Crippen LogP contribution in [0.3, 0.4) is 0 Å². The van der Waals surface area contributed by atoms with E-state index >= 15 is 0 Å². The maximum absolute atomic E-state index is 5.86. The number of hydrogen-bond acceptors (Lipinski definition) is 4. The summed E-state index contributed by atoms with van der Waals surface area (Å²) in [6.45, 7) is 0. The molecule has 0 N–H and O–H groups in total. The predicted octanol–water partition coefficient (Wildman–Crippen LogP) is 2.60. The van der Waals surface area contributed by atoms with Crippen LogP contribution in [0.2, 0.25) is 5.15 Å². The lowest BCUT2D eigenvalue weighted by Crippen LogP contribution is -1.95. The first kappa shape index (κ1) is 10.6. The van der Waals surface area contributed by atoms with Gasteiger partial charge in [0, 0.05) is 11.8 Å². The van der Waals surface area contributed by atoms with E-state index < -0.39 is 0 Å². The summed E-state index contributed by atoms with van der Waals surface area (Å²) in [5.74, 6) is 0.630. The smallest absolute Gasteiger partial charge is 0.185 e. The summed E-state index contributed by atoms with van der Waals surface area (Å²) in [5, 5.41) is 12.7. The molecule has 0 amide bonds. The van der Waals surface area contributed by atoms with Gasteiger partial charge in [0.15, 0.2) is 11.5 Å². The van der Waals surface area contributed by atoms with Gasteiger partial charge in [0.05, 0.1) is 0 Å². The van der Waals surface area contributed by atoms with Crippen LogP contribution in [-0.4, -0.2) is 24.8 Å². The first-order chi connectivity index (χ1) is 8.24. The number of pyridine rings is 1. The molecule has 84 valence electrons. The second-order valence-electron chi connectivity index (χ2n) is 3.32. The summed E-state index contributed by atoms with van der Waals surface area (Å²) in [6, 6.07) is 7.13. The Morgan fingerprint density at radius 1 is 1.18 bits per heavy atom. The number of halogens is 2. The Bertz CT molecular complexity index is 696. The molecule has 3 heterocycles. The standard InChI is InChI=1S/C10H5BrClN5/c11-7-5-6(3-4-13-7)10-15-14-9-2-1-8(12)16-17(9)10/h1-5H. The first-order valence-electron chi connectivity index (χ1n) is 4.74. The lowest BCUT2D eigenvalue weighted by atomic mass is 10.2.